The van der Waals surface area contributed by atoms with Crippen LogP contribution >= 0.6 is 11.6 Å². The first-order valence-corrected chi connectivity index (χ1v) is 8.39. The molecule has 1 heterocycles. The van der Waals surface area contributed by atoms with Crippen molar-refractivity contribution in [1.29, 1.82) is 0 Å². The molecule has 3 rings (SSSR count). The van der Waals surface area contributed by atoms with Crippen molar-refractivity contribution in [2.24, 2.45) is 0 Å². The van der Waals surface area contributed by atoms with E-state index in [4.69, 9.17) is 11.6 Å². The van der Waals surface area contributed by atoms with Gasteiger partial charge in [-0.1, -0.05) is 23.7 Å². The zero-order valence-corrected chi connectivity index (χ0v) is 15.1. The molecule has 0 aliphatic heterocycles. The zero-order chi connectivity index (χ0) is 18.5. The topological polar surface area (TPSA) is 78.9 Å². The molecule has 3 N–H and O–H groups in total. The summed E-state index contributed by atoms with van der Waals surface area (Å²) >= 11 is 6.02. The van der Waals surface area contributed by atoms with Gasteiger partial charge in [-0.05, 0) is 43.3 Å². The van der Waals surface area contributed by atoms with E-state index >= 15 is 0 Å². The van der Waals surface area contributed by atoms with Crippen LogP contribution in [0.2, 0.25) is 5.02 Å². The van der Waals surface area contributed by atoms with E-state index in [0.717, 1.165) is 11.4 Å². The average molecular weight is 368 g/mol. The zero-order valence-electron chi connectivity index (χ0n) is 14.4. The third kappa shape index (κ3) is 4.94. The third-order valence-corrected chi connectivity index (χ3v) is 3.63. The van der Waals surface area contributed by atoms with Crippen LogP contribution in [-0.4, -0.2) is 15.9 Å². The van der Waals surface area contributed by atoms with E-state index in [1.165, 1.54) is 6.92 Å². The van der Waals surface area contributed by atoms with Gasteiger partial charge in [0.1, 0.15) is 17.5 Å². The smallest absolute Gasteiger partial charge is 0.221 e. The van der Waals surface area contributed by atoms with Crippen LogP contribution in [0.5, 0.6) is 0 Å². The van der Waals surface area contributed by atoms with Crippen molar-refractivity contribution in [2.45, 2.75) is 13.8 Å². The summed E-state index contributed by atoms with van der Waals surface area (Å²) in [6.45, 7) is 3.30. The number of benzene rings is 2. The maximum Gasteiger partial charge on any atom is 0.221 e. The molecule has 2 aromatic carbocycles. The Balaban J connectivity index is 1.80. The fraction of sp³-hybridized carbons (Fsp3) is 0.105. The van der Waals surface area contributed by atoms with Crippen LogP contribution in [0.1, 0.15) is 12.7 Å². The molecule has 0 fully saturated rings. The Morgan fingerprint density at radius 3 is 2.08 bits per heavy atom. The van der Waals surface area contributed by atoms with E-state index in [9.17, 15) is 4.79 Å². The number of aryl methyl sites for hydroxylation is 1. The maximum absolute atomic E-state index is 11.2. The molecule has 0 saturated heterocycles. The first-order valence-electron chi connectivity index (χ1n) is 8.01. The maximum atomic E-state index is 11.2. The SMILES string of the molecule is CC(=O)Nc1cccc(Nc2cc(Nc3cccc(Cl)c3)nc(C)n2)c1. The monoisotopic (exact) mass is 367 g/mol. The number of aromatic nitrogens is 2. The van der Waals surface area contributed by atoms with Crippen molar-refractivity contribution < 1.29 is 4.79 Å². The summed E-state index contributed by atoms with van der Waals surface area (Å²) in [5, 5.41) is 9.85. The van der Waals surface area contributed by atoms with Gasteiger partial charge >= 0.3 is 0 Å². The van der Waals surface area contributed by atoms with Crippen LogP contribution in [0, 0.1) is 6.92 Å². The molecule has 0 aliphatic carbocycles. The lowest BCUT2D eigenvalue weighted by atomic mass is 10.2. The second-order valence-corrected chi connectivity index (χ2v) is 6.14. The van der Waals surface area contributed by atoms with Gasteiger partial charge in [-0.15, -0.1) is 0 Å². The number of nitrogens with one attached hydrogen (secondary N) is 3. The number of hydrogen-bond acceptors (Lipinski definition) is 5. The first kappa shape index (κ1) is 17.7. The second kappa shape index (κ2) is 7.84. The van der Waals surface area contributed by atoms with E-state index in [1.807, 2.05) is 55.5 Å². The molecule has 1 aromatic heterocycles. The van der Waals surface area contributed by atoms with E-state index in [-0.39, 0.29) is 5.91 Å². The van der Waals surface area contributed by atoms with Crippen molar-refractivity contribution in [2.75, 3.05) is 16.0 Å². The number of carbonyl (C=O) groups excluding carboxylic acids is 1. The van der Waals surface area contributed by atoms with E-state index in [0.29, 0.717) is 28.2 Å². The molecule has 0 aliphatic rings. The number of amides is 1. The predicted molar refractivity (Wildman–Crippen MR) is 106 cm³/mol. The highest BCUT2D eigenvalue weighted by molar-refractivity contribution is 6.30. The van der Waals surface area contributed by atoms with Crippen molar-refractivity contribution in [3.05, 3.63) is 65.4 Å². The summed E-state index contributed by atoms with van der Waals surface area (Å²) in [6, 6.07) is 16.6. The highest BCUT2D eigenvalue weighted by Crippen LogP contribution is 2.23. The van der Waals surface area contributed by atoms with Gasteiger partial charge in [-0.3, -0.25) is 4.79 Å². The number of hydrogen-bond donors (Lipinski definition) is 3. The lowest BCUT2D eigenvalue weighted by Crippen LogP contribution is -2.06. The number of rotatable bonds is 5. The van der Waals surface area contributed by atoms with Gasteiger partial charge in [0.2, 0.25) is 5.91 Å². The Morgan fingerprint density at radius 2 is 1.46 bits per heavy atom. The fourth-order valence-corrected chi connectivity index (χ4v) is 2.63. The Kier molecular flexibility index (Phi) is 5.34. The van der Waals surface area contributed by atoms with Crippen LogP contribution in [0.3, 0.4) is 0 Å². The molecule has 1 amide bonds. The summed E-state index contributed by atoms with van der Waals surface area (Å²) < 4.78 is 0. The molecule has 0 radical (unpaired) electrons. The van der Waals surface area contributed by atoms with Crippen LogP contribution < -0.4 is 16.0 Å². The van der Waals surface area contributed by atoms with E-state index < -0.39 is 0 Å². The van der Waals surface area contributed by atoms with Crippen LogP contribution in [0.15, 0.2) is 54.6 Å². The molecular weight excluding hydrogens is 350 g/mol. The molecule has 0 saturated carbocycles. The van der Waals surface area contributed by atoms with Crippen molar-refractivity contribution in [3.8, 4) is 0 Å². The van der Waals surface area contributed by atoms with Crippen LogP contribution in [0.25, 0.3) is 0 Å². The van der Waals surface area contributed by atoms with Crippen LogP contribution in [0.4, 0.5) is 28.7 Å². The Bertz CT molecular complexity index is 945. The molecule has 3 aromatic rings. The van der Waals surface area contributed by atoms with Crippen molar-refractivity contribution >= 4 is 46.2 Å². The number of carbonyl (C=O) groups is 1. The number of anilines is 5. The van der Waals surface area contributed by atoms with E-state index in [1.54, 1.807) is 6.07 Å². The van der Waals surface area contributed by atoms with Gasteiger partial charge in [0, 0.05) is 35.1 Å². The molecule has 7 heteroatoms. The number of nitrogens with zero attached hydrogens (tertiary/aromatic N) is 2. The molecule has 0 unspecified atom stereocenters. The summed E-state index contributed by atoms with van der Waals surface area (Å²) in [7, 11) is 0. The molecule has 132 valence electrons. The summed E-state index contributed by atoms with van der Waals surface area (Å²) in [5.74, 6) is 1.80. The standard InChI is InChI=1S/C19H18ClN5O/c1-12-21-18(24-15-6-3-5-14(20)9-15)11-19(22-12)25-17-8-4-7-16(10-17)23-13(2)26/h3-11H,1-2H3,(H,23,26)(H2,21,22,24,25). The van der Waals surface area contributed by atoms with E-state index in [2.05, 4.69) is 25.9 Å². The van der Waals surface area contributed by atoms with Gasteiger partial charge in [-0.2, -0.15) is 0 Å². The average Bonchev–Trinajstić information content (AvgIpc) is 2.54. The summed E-state index contributed by atoms with van der Waals surface area (Å²) in [5.41, 5.74) is 2.36. The van der Waals surface area contributed by atoms with Gasteiger partial charge in [0.25, 0.3) is 0 Å². The minimum absolute atomic E-state index is 0.118. The summed E-state index contributed by atoms with van der Waals surface area (Å²) in [6.07, 6.45) is 0. The van der Waals surface area contributed by atoms with Crippen LogP contribution in [-0.2, 0) is 4.79 Å². The lowest BCUT2D eigenvalue weighted by Gasteiger charge is -2.11. The Labute approximate surface area is 156 Å². The Hall–Kier alpha value is -3.12. The molecule has 6 nitrogen and oxygen atoms in total. The third-order valence-electron chi connectivity index (χ3n) is 3.39. The molecule has 26 heavy (non-hydrogen) atoms. The minimum Gasteiger partial charge on any atom is -0.340 e. The first-order chi connectivity index (χ1) is 12.5. The highest BCUT2D eigenvalue weighted by Gasteiger charge is 2.05. The predicted octanol–water partition coefficient (Wildman–Crippen LogP) is 4.88. The quantitative estimate of drug-likeness (QED) is 0.598. The fourth-order valence-electron chi connectivity index (χ4n) is 2.44. The number of halogens is 1. The van der Waals surface area contributed by atoms with Gasteiger partial charge in [0.05, 0.1) is 0 Å². The Morgan fingerprint density at radius 1 is 0.885 bits per heavy atom. The highest BCUT2D eigenvalue weighted by atomic mass is 35.5. The second-order valence-electron chi connectivity index (χ2n) is 5.71. The van der Waals surface area contributed by atoms with Gasteiger partial charge in [0.15, 0.2) is 0 Å². The lowest BCUT2D eigenvalue weighted by molar-refractivity contribution is -0.114. The summed E-state index contributed by atoms with van der Waals surface area (Å²) in [4.78, 5) is 20.0. The molecular formula is C19H18ClN5O. The minimum atomic E-state index is -0.118. The molecule has 0 bridgehead atoms. The normalized spacial score (nSPS) is 10.3. The van der Waals surface area contributed by atoms with Crippen molar-refractivity contribution in [1.82, 2.24) is 9.97 Å². The largest absolute Gasteiger partial charge is 0.340 e. The molecule has 0 spiro atoms. The molecule has 0 atom stereocenters. The van der Waals surface area contributed by atoms with Crippen molar-refractivity contribution in [3.63, 3.8) is 0 Å². The van der Waals surface area contributed by atoms with Gasteiger partial charge in [-0.25, -0.2) is 9.97 Å². The van der Waals surface area contributed by atoms with Gasteiger partial charge < -0.3 is 16.0 Å².